The SMILES string of the molecule is CC1(C)C(=O)c2c(ccc(N)c2Br)S1(=O)=O. The molecule has 0 aromatic heterocycles. The Kier molecular flexibility index (Phi) is 2.23. The van der Waals surface area contributed by atoms with Crippen molar-refractivity contribution in [1.82, 2.24) is 0 Å². The lowest BCUT2D eigenvalue weighted by molar-refractivity contribution is 0.0958. The van der Waals surface area contributed by atoms with Crippen LogP contribution in [0.3, 0.4) is 0 Å². The Balaban J connectivity index is 2.94. The zero-order valence-electron chi connectivity index (χ0n) is 8.74. The first kappa shape index (κ1) is 11.6. The maximum Gasteiger partial charge on any atom is 0.191 e. The maximum atomic E-state index is 12.1. The molecule has 1 aliphatic heterocycles. The molecule has 2 N–H and O–H groups in total. The van der Waals surface area contributed by atoms with Gasteiger partial charge in [0, 0.05) is 5.69 Å². The number of carbonyl (C=O) groups excluding carboxylic acids is 1. The number of carbonyl (C=O) groups is 1. The summed E-state index contributed by atoms with van der Waals surface area (Å²) in [6, 6.07) is 2.87. The molecule has 0 aliphatic carbocycles. The third kappa shape index (κ3) is 1.14. The molecule has 6 heteroatoms. The number of nitrogens with two attached hydrogens (primary N) is 1. The number of Topliss-reactive ketones (excluding diaryl/α,β-unsaturated/α-hetero) is 1. The van der Waals surface area contributed by atoms with Gasteiger partial charge in [-0.1, -0.05) is 0 Å². The van der Waals surface area contributed by atoms with Crippen LogP contribution in [0.5, 0.6) is 0 Å². The summed E-state index contributed by atoms with van der Waals surface area (Å²) in [6.07, 6.45) is 0. The van der Waals surface area contributed by atoms with E-state index < -0.39 is 20.4 Å². The average Bonchev–Trinajstić information content (AvgIpc) is 2.32. The number of fused-ring (bicyclic) bond motifs is 1. The molecule has 2 rings (SSSR count). The summed E-state index contributed by atoms with van der Waals surface area (Å²) >= 11 is 3.16. The molecule has 0 unspecified atom stereocenters. The number of rotatable bonds is 0. The molecule has 1 aromatic rings. The minimum atomic E-state index is -3.61. The Bertz CT molecular complexity index is 605. The van der Waals surface area contributed by atoms with Gasteiger partial charge in [-0.3, -0.25) is 4.79 Å². The summed E-state index contributed by atoms with van der Waals surface area (Å²) in [6.45, 7) is 2.82. The van der Waals surface area contributed by atoms with Gasteiger partial charge in [0.15, 0.2) is 15.6 Å². The second-order valence-electron chi connectivity index (χ2n) is 4.18. The molecule has 1 heterocycles. The number of sulfone groups is 1. The summed E-state index contributed by atoms with van der Waals surface area (Å²) in [4.78, 5) is 12.1. The number of benzene rings is 1. The summed E-state index contributed by atoms with van der Waals surface area (Å²) in [5, 5.41) is 0. The van der Waals surface area contributed by atoms with Crippen molar-refractivity contribution in [3.05, 3.63) is 22.2 Å². The van der Waals surface area contributed by atoms with Crippen LogP contribution >= 0.6 is 15.9 Å². The molecule has 1 aliphatic rings. The third-order valence-corrected chi connectivity index (χ3v) is 6.17. The Hall–Kier alpha value is -0.880. The average molecular weight is 304 g/mol. The summed E-state index contributed by atoms with van der Waals surface area (Å²) < 4.78 is 23.1. The molecule has 86 valence electrons. The number of ketones is 1. The van der Waals surface area contributed by atoms with E-state index in [1.807, 2.05) is 0 Å². The molecule has 0 fully saturated rings. The van der Waals surface area contributed by atoms with Crippen molar-refractivity contribution >= 4 is 37.2 Å². The van der Waals surface area contributed by atoms with Gasteiger partial charge < -0.3 is 5.73 Å². The molecular weight excluding hydrogens is 294 g/mol. The number of nitrogen functional groups attached to an aromatic ring is 1. The Morgan fingerprint density at radius 1 is 1.31 bits per heavy atom. The van der Waals surface area contributed by atoms with Crippen LogP contribution in [0.15, 0.2) is 21.5 Å². The highest BCUT2D eigenvalue weighted by molar-refractivity contribution is 9.10. The van der Waals surface area contributed by atoms with Crippen molar-refractivity contribution in [2.24, 2.45) is 0 Å². The zero-order valence-corrected chi connectivity index (χ0v) is 11.1. The lowest BCUT2D eigenvalue weighted by atomic mass is 10.0. The highest BCUT2D eigenvalue weighted by Crippen LogP contribution is 2.43. The summed E-state index contributed by atoms with van der Waals surface area (Å²) in [7, 11) is -3.61. The van der Waals surface area contributed by atoms with Gasteiger partial charge >= 0.3 is 0 Å². The standard InChI is InChI=1S/C10H10BrNO3S/c1-10(2)9(13)7-6(16(10,14)15)4-3-5(12)8(7)11/h3-4H,12H2,1-2H3. The normalized spacial score (nSPS) is 20.8. The van der Waals surface area contributed by atoms with Crippen molar-refractivity contribution in [2.75, 3.05) is 5.73 Å². The first-order valence-corrected chi connectivity index (χ1v) is 6.86. The first-order chi connectivity index (χ1) is 7.21. The predicted molar refractivity (Wildman–Crippen MR) is 64.1 cm³/mol. The van der Waals surface area contributed by atoms with Gasteiger partial charge in [0.25, 0.3) is 0 Å². The topological polar surface area (TPSA) is 77.2 Å². The van der Waals surface area contributed by atoms with Crippen molar-refractivity contribution in [3.8, 4) is 0 Å². The fourth-order valence-corrected chi connectivity index (χ4v) is 3.97. The largest absolute Gasteiger partial charge is 0.398 e. The van der Waals surface area contributed by atoms with Crippen molar-refractivity contribution < 1.29 is 13.2 Å². The van der Waals surface area contributed by atoms with Gasteiger partial charge in [0.1, 0.15) is 4.75 Å². The molecule has 0 atom stereocenters. The van der Waals surface area contributed by atoms with Gasteiger partial charge in [0.05, 0.1) is 14.9 Å². The van der Waals surface area contributed by atoms with E-state index in [2.05, 4.69) is 15.9 Å². The highest BCUT2D eigenvalue weighted by Gasteiger charge is 2.52. The van der Waals surface area contributed by atoms with E-state index in [0.29, 0.717) is 10.2 Å². The van der Waals surface area contributed by atoms with Crippen LogP contribution in [-0.4, -0.2) is 18.9 Å². The van der Waals surface area contributed by atoms with E-state index in [0.717, 1.165) is 0 Å². The van der Waals surface area contributed by atoms with Crippen LogP contribution in [-0.2, 0) is 9.84 Å². The predicted octanol–water partition coefficient (Wildman–Crippen LogP) is 1.78. The van der Waals surface area contributed by atoms with Crippen LogP contribution in [0.25, 0.3) is 0 Å². The second kappa shape index (κ2) is 3.07. The smallest absolute Gasteiger partial charge is 0.191 e. The van der Waals surface area contributed by atoms with Crippen molar-refractivity contribution in [3.63, 3.8) is 0 Å². The monoisotopic (exact) mass is 303 g/mol. The van der Waals surface area contributed by atoms with Crippen LogP contribution in [0.4, 0.5) is 5.69 Å². The van der Waals surface area contributed by atoms with Crippen LogP contribution < -0.4 is 5.73 Å². The number of hydrogen-bond donors (Lipinski definition) is 1. The van der Waals surface area contributed by atoms with E-state index in [-0.39, 0.29) is 10.5 Å². The number of anilines is 1. The van der Waals surface area contributed by atoms with Crippen LogP contribution in [0.2, 0.25) is 0 Å². The Morgan fingerprint density at radius 3 is 2.44 bits per heavy atom. The molecule has 1 aromatic carbocycles. The number of hydrogen-bond acceptors (Lipinski definition) is 4. The third-order valence-electron chi connectivity index (χ3n) is 2.87. The van der Waals surface area contributed by atoms with Crippen LogP contribution in [0.1, 0.15) is 24.2 Å². The minimum Gasteiger partial charge on any atom is -0.398 e. The van der Waals surface area contributed by atoms with E-state index in [1.54, 1.807) is 0 Å². The molecular formula is C10H10BrNO3S. The molecule has 0 radical (unpaired) electrons. The summed E-state index contributed by atoms with van der Waals surface area (Å²) in [5.41, 5.74) is 6.17. The molecule has 16 heavy (non-hydrogen) atoms. The molecule has 0 spiro atoms. The maximum absolute atomic E-state index is 12.1. The molecule has 0 bridgehead atoms. The van der Waals surface area contributed by atoms with Gasteiger partial charge in [-0.05, 0) is 41.9 Å². The molecule has 0 amide bonds. The molecule has 0 saturated carbocycles. The Morgan fingerprint density at radius 2 is 1.88 bits per heavy atom. The first-order valence-electron chi connectivity index (χ1n) is 4.58. The lowest BCUT2D eigenvalue weighted by Crippen LogP contribution is -2.33. The van der Waals surface area contributed by atoms with Gasteiger partial charge in [-0.15, -0.1) is 0 Å². The zero-order chi connectivity index (χ0) is 12.3. The van der Waals surface area contributed by atoms with E-state index in [9.17, 15) is 13.2 Å². The molecule has 0 saturated heterocycles. The lowest BCUT2D eigenvalue weighted by Gasteiger charge is -2.13. The van der Waals surface area contributed by atoms with Gasteiger partial charge in [-0.2, -0.15) is 0 Å². The summed E-state index contributed by atoms with van der Waals surface area (Å²) in [5.74, 6) is -0.415. The fourth-order valence-electron chi connectivity index (χ4n) is 1.71. The second-order valence-corrected chi connectivity index (χ2v) is 7.45. The van der Waals surface area contributed by atoms with Crippen molar-refractivity contribution in [1.29, 1.82) is 0 Å². The number of halogens is 1. The minimum absolute atomic E-state index is 0.0589. The highest BCUT2D eigenvalue weighted by atomic mass is 79.9. The van der Waals surface area contributed by atoms with Crippen molar-refractivity contribution in [2.45, 2.75) is 23.5 Å². The molecule has 4 nitrogen and oxygen atoms in total. The van der Waals surface area contributed by atoms with E-state index in [1.165, 1.54) is 26.0 Å². The quantitative estimate of drug-likeness (QED) is 0.741. The van der Waals surface area contributed by atoms with E-state index >= 15 is 0 Å². The van der Waals surface area contributed by atoms with Gasteiger partial charge in [0.2, 0.25) is 0 Å². The van der Waals surface area contributed by atoms with Crippen LogP contribution in [0, 0.1) is 0 Å². The fraction of sp³-hybridized carbons (Fsp3) is 0.300. The van der Waals surface area contributed by atoms with E-state index in [4.69, 9.17) is 5.73 Å². The van der Waals surface area contributed by atoms with Gasteiger partial charge in [-0.25, -0.2) is 8.42 Å². The Labute approximate surface area is 102 Å².